The van der Waals surface area contributed by atoms with Crippen LogP contribution in [0.2, 0.25) is 0 Å². The smallest absolute Gasteiger partial charge is 0.264 e. The van der Waals surface area contributed by atoms with Gasteiger partial charge in [-0.05, 0) is 68.4 Å². The van der Waals surface area contributed by atoms with Crippen molar-refractivity contribution >= 4 is 27.5 Å². The minimum Gasteiger partial charge on any atom is -0.352 e. The predicted molar refractivity (Wildman–Crippen MR) is 172 cm³/mol. The zero-order valence-electron chi connectivity index (χ0n) is 25.7. The first kappa shape index (κ1) is 32.3. The highest BCUT2D eigenvalue weighted by Crippen LogP contribution is 2.28. The van der Waals surface area contributed by atoms with E-state index in [2.05, 4.69) is 5.32 Å². The van der Waals surface area contributed by atoms with Crippen molar-refractivity contribution in [2.75, 3.05) is 17.4 Å². The first-order valence-electron chi connectivity index (χ1n) is 15.6. The highest BCUT2D eigenvalue weighted by Gasteiger charge is 2.34. The van der Waals surface area contributed by atoms with Gasteiger partial charge < -0.3 is 10.2 Å². The number of hydrogen-bond acceptors (Lipinski definition) is 4. The summed E-state index contributed by atoms with van der Waals surface area (Å²) in [4.78, 5) is 29.7. The largest absolute Gasteiger partial charge is 0.352 e. The molecule has 4 rings (SSSR count). The van der Waals surface area contributed by atoms with Crippen LogP contribution in [0.1, 0.15) is 69.1 Å². The topological polar surface area (TPSA) is 86.8 Å². The standard InChI is InChI=1S/C35H45N3O4S/c1-4-29-16-12-13-19-33(29)38(43(41,42)31-22-20-27(3)21-23-31)26-34(39)37(25-24-28-14-8-6-9-15-28)32(5-2)35(40)36-30-17-10-7-11-18-30/h6,8-9,12-16,19-23,30,32H,4-5,7,10-11,17-18,24-26H2,1-3H3,(H,36,40). The van der Waals surface area contributed by atoms with E-state index in [1.807, 2.05) is 63.2 Å². The zero-order valence-corrected chi connectivity index (χ0v) is 26.5. The van der Waals surface area contributed by atoms with Gasteiger partial charge >= 0.3 is 0 Å². The fourth-order valence-electron chi connectivity index (χ4n) is 5.84. The number of para-hydroxylation sites is 1. The third-order valence-electron chi connectivity index (χ3n) is 8.35. The molecule has 1 saturated carbocycles. The second-order valence-corrected chi connectivity index (χ2v) is 13.3. The predicted octanol–water partition coefficient (Wildman–Crippen LogP) is 6.05. The average Bonchev–Trinajstić information content (AvgIpc) is 3.02. The van der Waals surface area contributed by atoms with Gasteiger partial charge in [0, 0.05) is 12.6 Å². The number of carbonyl (C=O) groups is 2. The van der Waals surface area contributed by atoms with Crippen LogP contribution >= 0.6 is 0 Å². The SMILES string of the molecule is CCc1ccccc1N(CC(=O)N(CCc1ccccc1)C(CC)C(=O)NC1CCCCC1)S(=O)(=O)c1ccc(C)cc1. The molecule has 0 aromatic heterocycles. The monoisotopic (exact) mass is 603 g/mol. The molecule has 0 heterocycles. The Morgan fingerprint density at radius 2 is 1.53 bits per heavy atom. The van der Waals surface area contributed by atoms with E-state index in [4.69, 9.17) is 0 Å². The summed E-state index contributed by atoms with van der Waals surface area (Å²) in [6.07, 6.45) is 6.81. The van der Waals surface area contributed by atoms with E-state index in [1.54, 1.807) is 41.3 Å². The minimum atomic E-state index is -4.09. The average molecular weight is 604 g/mol. The Bertz CT molecular complexity index is 1450. The van der Waals surface area contributed by atoms with E-state index < -0.39 is 28.5 Å². The molecule has 1 aliphatic rings. The van der Waals surface area contributed by atoms with E-state index >= 15 is 0 Å². The molecule has 1 fully saturated rings. The highest BCUT2D eigenvalue weighted by atomic mass is 32.2. The Morgan fingerprint density at radius 3 is 2.19 bits per heavy atom. The minimum absolute atomic E-state index is 0.108. The first-order valence-corrected chi connectivity index (χ1v) is 17.0. The molecule has 0 aliphatic heterocycles. The van der Waals surface area contributed by atoms with Crippen LogP contribution in [0.15, 0.2) is 83.8 Å². The third kappa shape index (κ3) is 8.25. The molecule has 0 bridgehead atoms. The molecule has 1 aliphatic carbocycles. The highest BCUT2D eigenvalue weighted by molar-refractivity contribution is 7.92. The van der Waals surface area contributed by atoms with Crippen molar-refractivity contribution in [2.24, 2.45) is 0 Å². The molecule has 2 amide bonds. The van der Waals surface area contributed by atoms with Gasteiger partial charge in [0.2, 0.25) is 11.8 Å². The fraction of sp³-hybridized carbons (Fsp3) is 0.429. The molecule has 43 heavy (non-hydrogen) atoms. The second-order valence-electron chi connectivity index (χ2n) is 11.4. The summed E-state index contributed by atoms with van der Waals surface area (Å²) in [5.41, 5.74) is 3.28. The summed E-state index contributed by atoms with van der Waals surface area (Å²) in [5, 5.41) is 3.20. The summed E-state index contributed by atoms with van der Waals surface area (Å²) >= 11 is 0. The lowest BCUT2D eigenvalue weighted by molar-refractivity contribution is -0.140. The molecule has 0 saturated heterocycles. The van der Waals surface area contributed by atoms with Crippen molar-refractivity contribution < 1.29 is 18.0 Å². The van der Waals surface area contributed by atoms with Gasteiger partial charge in [0.15, 0.2) is 0 Å². The number of anilines is 1. The summed E-state index contributed by atoms with van der Waals surface area (Å²) in [6, 6.07) is 23.2. The number of aryl methyl sites for hydroxylation is 2. The lowest BCUT2D eigenvalue weighted by Crippen LogP contribution is -2.54. The van der Waals surface area contributed by atoms with Crippen molar-refractivity contribution in [3.05, 3.63) is 95.6 Å². The maximum absolute atomic E-state index is 14.3. The molecule has 7 nitrogen and oxygen atoms in total. The molecule has 3 aromatic rings. The molecule has 1 N–H and O–H groups in total. The molecule has 1 unspecified atom stereocenters. The number of hydrogen-bond donors (Lipinski definition) is 1. The number of rotatable bonds is 13. The van der Waals surface area contributed by atoms with Gasteiger partial charge in [0.25, 0.3) is 10.0 Å². The van der Waals surface area contributed by atoms with Crippen LogP contribution in [0.5, 0.6) is 0 Å². The van der Waals surface area contributed by atoms with Gasteiger partial charge in [-0.3, -0.25) is 13.9 Å². The number of amides is 2. The van der Waals surface area contributed by atoms with Crippen LogP contribution in [0, 0.1) is 6.92 Å². The molecule has 8 heteroatoms. The van der Waals surface area contributed by atoms with E-state index in [0.717, 1.165) is 42.4 Å². The summed E-state index contributed by atoms with van der Waals surface area (Å²) < 4.78 is 29.5. The molecule has 0 spiro atoms. The zero-order chi connectivity index (χ0) is 30.8. The summed E-state index contributed by atoms with van der Waals surface area (Å²) in [7, 11) is -4.09. The van der Waals surface area contributed by atoms with Crippen LogP contribution in [0.3, 0.4) is 0 Å². The Kier molecular flexibility index (Phi) is 11.4. The first-order chi connectivity index (χ1) is 20.7. The maximum atomic E-state index is 14.3. The van der Waals surface area contributed by atoms with Crippen LogP contribution in [-0.2, 0) is 32.5 Å². The lowest BCUT2D eigenvalue weighted by Gasteiger charge is -2.35. The van der Waals surface area contributed by atoms with Crippen LogP contribution in [0.25, 0.3) is 0 Å². The van der Waals surface area contributed by atoms with E-state index in [0.29, 0.717) is 31.5 Å². The van der Waals surface area contributed by atoms with Crippen molar-refractivity contribution in [3.63, 3.8) is 0 Å². The normalized spacial score (nSPS) is 14.6. The van der Waals surface area contributed by atoms with E-state index in [-0.39, 0.29) is 16.8 Å². The number of nitrogens with zero attached hydrogens (tertiary/aromatic N) is 2. The molecule has 0 radical (unpaired) electrons. The number of carbonyl (C=O) groups excluding carboxylic acids is 2. The maximum Gasteiger partial charge on any atom is 0.264 e. The van der Waals surface area contributed by atoms with E-state index in [9.17, 15) is 18.0 Å². The molecular weight excluding hydrogens is 558 g/mol. The van der Waals surface area contributed by atoms with Crippen LogP contribution < -0.4 is 9.62 Å². The molecule has 3 aromatic carbocycles. The Morgan fingerprint density at radius 1 is 0.884 bits per heavy atom. The van der Waals surface area contributed by atoms with Crippen molar-refractivity contribution in [3.8, 4) is 0 Å². The van der Waals surface area contributed by atoms with Gasteiger partial charge in [-0.2, -0.15) is 0 Å². The Hall–Kier alpha value is -3.65. The summed E-state index contributed by atoms with van der Waals surface area (Å²) in [6.45, 7) is 5.66. The van der Waals surface area contributed by atoms with Gasteiger partial charge in [0.05, 0.1) is 10.6 Å². The lowest BCUT2D eigenvalue weighted by atomic mass is 9.95. The van der Waals surface area contributed by atoms with Gasteiger partial charge in [0.1, 0.15) is 12.6 Å². The van der Waals surface area contributed by atoms with Gasteiger partial charge in [-0.25, -0.2) is 8.42 Å². The number of benzene rings is 3. The van der Waals surface area contributed by atoms with Gasteiger partial charge in [-0.15, -0.1) is 0 Å². The number of nitrogens with one attached hydrogen (secondary N) is 1. The Labute approximate surface area is 257 Å². The molecule has 230 valence electrons. The van der Waals surface area contributed by atoms with Gasteiger partial charge in [-0.1, -0.05) is 99.3 Å². The van der Waals surface area contributed by atoms with Crippen molar-refractivity contribution in [1.82, 2.24) is 10.2 Å². The summed E-state index contributed by atoms with van der Waals surface area (Å²) in [5.74, 6) is -0.569. The fourth-order valence-corrected chi connectivity index (χ4v) is 7.30. The molecule has 1 atom stereocenters. The van der Waals surface area contributed by atoms with Crippen LogP contribution in [-0.4, -0.2) is 50.3 Å². The quantitative estimate of drug-likeness (QED) is 0.258. The van der Waals surface area contributed by atoms with Crippen molar-refractivity contribution in [1.29, 1.82) is 0 Å². The Balaban J connectivity index is 1.69. The molecular formula is C35H45N3O4S. The third-order valence-corrected chi connectivity index (χ3v) is 10.1. The number of sulfonamides is 1. The second kappa shape index (κ2) is 15.2. The van der Waals surface area contributed by atoms with E-state index in [1.165, 1.54) is 10.7 Å². The van der Waals surface area contributed by atoms with Crippen molar-refractivity contribution in [2.45, 2.75) is 89.1 Å². The van der Waals surface area contributed by atoms with Crippen LogP contribution in [0.4, 0.5) is 5.69 Å².